The number of nitrogens with zero attached hydrogens (tertiary/aromatic N) is 1. The normalized spacial score (nSPS) is 10.7. The second-order valence-electron chi connectivity index (χ2n) is 3.71. The Morgan fingerprint density at radius 3 is 2.67 bits per heavy atom. The minimum Gasteiger partial charge on any atom is -0.384 e. The molecule has 0 fully saturated rings. The van der Waals surface area contributed by atoms with Gasteiger partial charge in [-0.25, -0.2) is 0 Å². The van der Waals surface area contributed by atoms with Gasteiger partial charge in [0.15, 0.2) is 0 Å². The average Bonchev–Trinajstić information content (AvgIpc) is 2.17. The van der Waals surface area contributed by atoms with E-state index in [-0.39, 0.29) is 0 Å². The lowest BCUT2D eigenvalue weighted by Gasteiger charge is -2.11. The van der Waals surface area contributed by atoms with Crippen LogP contribution in [-0.2, 0) is 0 Å². The van der Waals surface area contributed by atoms with Crippen molar-refractivity contribution in [2.75, 3.05) is 32.5 Å². The Balaban J connectivity index is 2.40. The monoisotopic (exact) mass is 246 g/mol. The summed E-state index contributed by atoms with van der Waals surface area (Å²) in [6.45, 7) is 1.96. The molecule has 0 unspecified atom stereocenters. The van der Waals surface area contributed by atoms with E-state index in [0.29, 0.717) is 10.0 Å². The molecule has 1 N–H and O–H groups in total. The van der Waals surface area contributed by atoms with Gasteiger partial charge in [-0.05, 0) is 45.3 Å². The molecule has 0 saturated heterocycles. The molecule has 0 aliphatic rings. The van der Waals surface area contributed by atoms with Crippen LogP contribution in [0.15, 0.2) is 18.2 Å². The molecule has 4 heteroatoms. The fourth-order valence-corrected chi connectivity index (χ4v) is 1.61. The second kappa shape index (κ2) is 6.21. The molecule has 0 saturated carbocycles. The fraction of sp³-hybridized carbons (Fsp3) is 0.455. The molecule has 0 aliphatic carbocycles. The van der Waals surface area contributed by atoms with E-state index in [1.807, 2.05) is 6.07 Å². The van der Waals surface area contributed by atoms with E-state index >= 15 is 0 Å². The van der Waals surface area contributed by atoms with Crippen LogP contribution in [0.25, 0.3) is 0 Å². The van der Waals surface area contributed by atoms with Crippen molar-refractivity contribution < 1.29 is 0 Å². The molecule has 84 valence electrons. The van der Waals surface area contributed by atoms with Crippen LogP contribution >= 0.6 is 23.2 Å². The summed E-state index contributed by atoms with van der Waals surface area (Å²) in [7, 11) is 4.12. The van der Waals surface area contributed by atoms with Crippen molar-refractivity contribution in [1.29, 1.82) is 0 Å². The van der Waals surface area contributed by atoms with Crippen LogP contribution < -0.4 is 5.32 Å². The first-order chi connectivity index (χ1) is 7.09. The van der Waals surface area contributed by atoms with Crippen LogP contribution in [-0.4, -0.2) is 32.1 Å². The van der Waals surface area contributed by atoms with Crippen LogP contribution in [0.1, 0.15) is 6.42 Å². The molecule has 0 atom stereocenters. The lowest BCUT2D eigenvalue weighted by molar-refractivity contribution is 0.405. The highest BCUT2D eigenvalue weighted by Gasteiger charge is 2.00. The van der Waals surface area contributed by atoms with E-state index in [2.05, 4.69) is 24.3 Å². The highest BCUT2D eigenvalue weighted by atomic mass is 35.5. The first-order valence-corrected chi connectivity index (χ1v) is 5.69. The zero-order valence-corrected chi connectivity index (χ0v) is 10.6. The lowest BCUT2D eigenvalue weighted by Crippen LogP contribution is -2.16. The standard InChI is InChI=1S/C11H16Cl2N2/c1-15(2)7-3-6-14-11-8-9(12)4-5-10(11)13/h4-5,8,14H,3,6-7H2,1-2H3. The van der Waals surface area contributed by atoms with Crippen molar-refractivity contribution in [1.82, 2.24) is 4.90 Å². The third-order valence-corrected chi connectivity index (χ3v) is 2.59. The Morgan fingerprint density at radius 2 is 2.00 bits per heavy atom. The van der Waals surface area contributed by atoms with Gasteiger partial charge in [-0.15, -0.1) is 0 Å². The van der Waals surface area contributed by atoms with Crippen LogP contribution in [0.5, 0.6) is 0 Å². The molecule has 2 nitrogen and oxygen atoms in total. The van der Waals surface area contributed by atoms with E-state index in [1.54, 1.807) is 12.1 Å². The molecule has 1 aromatic carbocycles. The van der Waals surface area contributed by atoms with Crippen LogP contribution in [0.2, 0.25) is 10.0 Å². The number of hydrogen-bond acceptors (Lipinski definition) is 2. The summed E-state index contributed by atoms with van der Waals surface area (Å²) in [6, 6.07) is 5.44. The number of anilines is 1. The van der Waals surface area contributed by atoms with Gasteiger partial charge in [0.05, 0.1) is 10.7 Å². The van der Waals surface area contributed by atoms with Gasteiger partial charge in [0.25, 0.3) is 0 Å². The summed E-state index contributed by atoms with van der Waals surface area (Å²) in [4.78, 5) is 2.15. The maximum Gasteiger partial charge on any atom is 0.0638 e. The molecule has 0 bridgehead atoms. The van der Waals surface area contributed by atoms with Crippen molar-refractivity contribution in [3.05, 3.63) is 28.2 Å². The molecular formula is C11H16Cl2N2. The van der Waals surface area contributed by atoms with Gasteiger partial charge < -0.3 is 10.2 Å². The van der Waals surface area contributed by atoms with Crippen LogP contribution in [0.3, 0.4) is 0 Å². The Morgan fingerprint density at radius 1 is 1.27 bits per heavy atom. The zero-order valence-electron chi connectivity index (χ0n) is 9.06. The van der Waals surface area contributed by atoms with Gasteiger partial charge in [0.1, 0.15) is 0 Å². The largest absolute Gasteiger partial charge is 0.384 e. The summed E-state index contributed by atoms with van der Waals surface area (Å²) < 4.78 is 0. The van der Waals surface area contributed by atoms with Crippen LogP contribution in [0.4, 0.5) is 5.69 Å². The van der Waals surface area contributed by atoms with Gasteiger partial charge in [-0.3, -0.25) is 0 Å². The molecule has 1 rings (SSSR count). The molecule has 15 heavy (non-hydrogen) atoms. The van der Waals surface area contributed by atoms with Crippen LogP contribution in [0, 0.1) is 0 Å². The third-order valence-electron chi connectivity index (χ3n) is 2.03. The van der Waals surface area contributed by atoms with Gasteiger partial charge in [-0.1, -0.05) is 23.2 Å². The summed E-state index contributed by atoms with van der Waals surface area (Å²) in [5, 5.41) is 4.68. The number of hydrogen-bond donors (Lipinski definition) is 1. The summed E-state index contributed by atoms with van der Waals surface area (Å²) in [5.41, 5.74) is 0.905. The lowest BCUT2D eigenvalue weighted by atomic mass is 10.3. The molecule has 0 spiro atoms. The maximum atomic E-state index is 6.01. The van der Waals surface area contributed by atoms with E-state index < -0.39 is 0 Å². The Hall–Kier alpha value is -0.440. The van der Waals surface area contributed by atoms with Gasteiger partial charge >= 0.3 is 0 Å². The van der Waals surface area contributed by atoms with Gasteiger partial charge in [0, 0.05) is 11.6 Å². The van der Waals surface area contributed by atoms with Crippen molar-refractivity contribution in [2.24, 2.45) is 0 Å². The summed E-state index contributed by atoms with van der Waals surface area (Å²) >= 11 is 11.9. The predicted molar refractivity (Wildman–Crippen MR) is 68.1 cm³/mol. The smallest absolute Gasteiger partial charge is 0.0638 e. The molecule has 0 aliphatic heterocycles. The quantitative estimate of drug-likeness (QED) is 0.802. The molecule has 0 heterocycles. The minimum absolute atomic E-state index is 0.703. The highest BCUT2D eigenvalue weighted by molar-refractivity contribution is 6.35. The Labute approximate surface area is 101 Å². The Bertz CT molecular complexity index is 313. The van der Waals surface area contributed by atoms with E-state index in [9.17, 15) is 0 Å². The number of rotatable bonds is 5. The average molecular weight is 247 g/mol. The van der Waals surface area contributed by atoms with Crippen molar-refractivity contribution >= 4 is 28.9 Å². The fourth-order valence-electron chi connectivity index (χ4n) is 1.25. The van der Waals surface area contributed by atoms with E-state index in [0.717, 1.165) is 25.2 Å². The first-order valence-electron chi connectivity index (χ1n) is 4.93. The number of benzene rings is 1. The first kappa shape index (κ1) is 12.6. The SMILES string of the molecule is CN(C)CCCNc1cc(Cl)ccc1Cl. The number of nitrogens with one attached hydrogen (secondary N) is 1. The molecular weight excluding hydrogens is 231 g/mol. The van der Waals surface area contributed by atoms with Crippen molar-refractivity contribution in [3.8, 4) is 0 Å². The van der Waals surface area contributed by atoms with Gasteiger partial charge in [0.2, 0.25) is 0 Å². The number of halogens is 2. The molecule has 0 radical (unpaired) electrons. The van der Waals surface area contributed by atoms with E-state index in [1.165, 1.54) is 0 Å². The molecule has 0 aromatic heterocycles. The molecule has 0 amide bonds. The zero-order chi connectivity index (χ0) is 11.3. The highest BCUT2D eigenvalue weighted by Crippen LogP contribution is 2.25. The predicted octanol–water partition coefficient (Wildman–Crippen LogP) is 3.36. The topological polar surface area (TPSA) is 15.3 Å². The minimum atomic E-state index is 0.703. The van der Waals surface area contributed by atoms with Gasteiger partial charge in [-0.2, -0.15) is 0 Å². The molecule has 1 aromatic rings. The van der Waals surface area contributed by atoms with Crippen molar-refractivity contribution in [3.63, 3.8) is 0 Å². The second-order valence-corrected chi connectivity index (χ2v) is 4.55. The third kappa shape index (κ3) is 4.74. The Kier molecular flexibility index (Phi) is 5.23. The van der Waals surface area contributed by atoms with E-state index in [4.69, 9.17) is 23.2 Å². The maximum absolute atomic E-state index is 6.01. The van der Waals surface area contributed by atoms with Crippen molar-refractivity contribution in [2.45, 2.75) is 6.42 Å². The summed E-state index contributed by atoms with van der Waals surface area (Å²) in [6.07, 6.45) is 1.08. The summed E-state index contributed by atoms with van der Waals surface area (Å²) in [5.74, 6) is 0.